The fourth-order valence-corrected chi connectivity index (χ4v) is 3.76. The molecule has 3 rings (SSSR count). The van der Waals surface area contributed by atoms with Crippen molar-refractivity contribution in [2.75, 3.05) is 32.6 Å². The average Bonchev–Trinajstić information content (AvgIpc) is 3.16. The quantitative estimate of drug-likeness (QED) is 0.574. The summed E-state index contributed by atoms with van der Waals surface area (Å²) < 4.78 is 10.5. The molecule has 8 heteroatoms. The van der Waals surface area contributed by atoms with Crippen LogP contribution in [-0.2, 0) is 17.6 Å². The van der Waals surface area contributed by atoms with Crippen LogP contribution >= 0.6 is 11.3 Å². The molecule has 0 saturated carbocycles. The van der Waals surface area contributed by atoms with Crippen molar-refractivity contribution in [2.45, 2.75) is 19.8 Å². The Hall–Kier alpha value is -2.87. The average molecular weight is 401 g/mol. The third-order valence-electron chi connectivity index (χ3n) is 4.33. The molecule has 2 heterocycles. The molecule has 3 aromatic rings. The van der Waals surface area contributed by atoms with Crippen LogP contribution in [0.15, 0.2) is 30.6 Å². The van der Waals surface area contributed by atoms with Gasteiger partial charge in [-0.1, -0.05) is 13.0 Å². The number of anilines is 1. The standard InChI is InChI=1S/C20H24N4O3S/c1-4-14-10-15-19(23-12-24-20(15)28-14)22-11-18(25)21-8-7-13-5-6-16(26-2)17(9-13)27-3/h5-6,9-10,12H,4,7-8,11H2,1-3H3,(H,21,25)(H,22,23,24). The summed E-state index contributed by atoms with van der Waals surface area (Å²) in [7, 11) is 3.21. The predicted octanol–water partition coefficient (Wildman–Crippen LogP) is 3.04. The Morgan fingerprint density at radius 2 is 1.96 bits per heavy atom. The highest BCUT2D eigenvalue weighted by Crippen LogP contribution is 2.28. The zero-order valence-corrected chi connectivity index (χ0v) is 17.1. The lowest BCUT2D eigenvalue weighted by Gasteiger charge is -2.10. The van der Waals surface area contributed by atoms with Gasteiger partial charge in [0.15, 0.2) is 11.5 Å². The van der Waals surface area contributed by atoms with E-state index in [4.69, 9.17) is 9.47 Å². The zero-order valence-electron chi connectivity index (χ0n) is 16.2. The van der Waals surface area contributed by atoms with Crippen molar-refractivity contribution in [3.8, 4) is 11.5 Å². The molecule has 0 aliphatic carbocycles. The van der Waals surface area contributed by atoms with Gasteiger partial charge in [0.1, 0.15) is 17.0 Å². The third kappa shape index (κ3) is 4.69. The molecule has 2 aromatic heterocycles. The van der Waals surface area contributed by atoms with Crippen LogP contribution in [-0.4, -0.2) is 43.2 Å². The molecule has 0 spiro atoms. The van der Waals surface area contributed by atoms with Crippen LogP contribution in [0.3, 0.4) is 0 Å². The molecule has 28 heavy (non-hydrogen) atoms. The molecule has 2 N–H and O–H groups in total. The van der Waals surface area contributed by atoms with Crippen molar-refractivity contribution in [2.24, 2.45) is 0 Å². The maximum Gasteiger partial charge on any atom is 0.239 e. The Morgan fingerprint density at radius 3 is 2.71 bits per heavy atom. The Balaban J connectivity index is 1.51. The minimum absolute atomic E-state index is 0.0850. The summed E-state index contributed by atoms with van der Waals surface area (Å²) in [5, 5.41) is 6.99. The summed E-state index contributed by atoms with van der Waals surface area (Å²) in [6.07, 6.45) is 3.18. The van der Waals surface area contributed by atoms with Gasteiger partial charge in [0.05, 0.1) is 26.2 Å². The number of nitrogens with one attached hydrogen (secondary N) is 2. The topological polar surface area (TPSA) is 85.4 Å². The first-order chi connectivity index (χ1) is 13.6. The van der Waals surface area contributed by atoms with E-state index < -0.39 is 0 Å². The van der Waals surface area contributed by atoms with Gasteiger partial charge < -0.3 is 20.1 Å². The van der Waals surface area contributed by atoms with Crippen LogP contribution in [0.2, 0.25) is 0 Å². The lowest BCUT2D eigenvalue weighted by molar-refractivity contribution is -0.119. The fraction of sp³-hybridized carbons (Fsp3) is 0.350. The summed E-state index contributed by atoms with van der Waals surface area (Å²) in [6.45, 7) is 2.81. The zero-order chi connectivity index (χ0) is 19.9. The number of benzene rings is 1. The highest BCUT2D eigenvalue weighted by atomic mass is 32.1. The van der Waals surface area contributed by atoms with Gasteiger partial charge in [-0.05, 0) is 36.6 Å². The largest absolute Gasteiger partial charge is 0.493 e. The van der Waals surface area contributed by atoms with E-state index in [9.17, 15) is 4.79 Å². The van der Waals surface area contributed by atoms with Crippen LogP contribution < -0.4 is 20.1 Å². The number of aryl methyl sites for hydroxylation is 1. The van der Waals surface area contributed by atoms with E-state index in [1.54, 1.807) is 25.6 Å². The first kappa shape index (κ1) is 19.9. The van der Waals surface area contributed by atoms with Crippen LogP contribution in [0, 0.1) is 0 Å². The fourth-order valence-electron chi connectivity index (χ4n) is 2.83. The molecule has 0 saturated heterocycles. The Morgan fingerprint density at radius 1 is 1.14 bits per heavy atom. The van der Waals surface area contributed by atoms with E-state index in [0.717, 1.165) is 22.2 Å². The van der Waals surface area contributed by atoms with Crippen LogP contribution in [0.25, 0.3) is 10.2 Å². The monoisotopic (exact) mass is 400 g/mol. The molecule has 0 fully saturated rings. The minimum atomic E-state index is -0.0850. The van der Waals surface area contributed by atoms with Gasteiger partial charge >= 0.3 is 0 Å². The Labute approximate surface area is 168 Å². The lowest BCUT2D eigenvalue weighted by Crippen LogP contribution is -2.31. The Kier molecular flexibility index (Phi) is 6.65. The number of hydrogen-bond donors (Lipinski definition) is 2. The summed E-state index contributed by atoms with van der Waals surface area (Å²) in [5.41, 5.74) is 1.06. The van der Waals surface area contributed by atoms with Gasteiger partial charge in [-0.15, -0.1) is 11.3 Å². The highest BCUT2D eigenvalue weighted by Gasteiger charge is 2.10. The van der Waals surface area contributed by atoms with Crippen molar-refractivity contribution in [1.29, 1.82) is 0 Å². The SMILES string of the molecule is CCc1cc2c(NCC(=O)NCCc3ccc(OC)c(OC)c3)ncnc2s1. The van der Waals surface area contributed by atoms with Gasteiger partial charge in [0.25, 0.3) is 0 Å². The van der Waals surface area contributed by atoms with Crippen LogP contribution in [0.5, 0.6) is 11.5 Å². The molecule has 0 atom stereocenters. The van der Waals surface area contributed by atoms with E-state index >= 15 is 0 Å². The van der Waals surface area contributed by atoms with Crippen LogP contribution in [0.4, 0.5) is 5.82 Å². The second-order valence-electron chi connectivity index (χ2n) is 6.15. The first-order valence-corrected chi connectivity index (χ1v) is 9.91. The summed E-state index contributed by atoms with van der Waals surface area (Å²) in [6, 6.07) is 7.83. The number of carbonyl (C=O) groups is 1. The lowest BCUT2D eigenvalue weighted by atomic mass is 10.1. The summed E-state index contributed by atoms with van der Waals surface area (Å²) in [5.74, 6) is 1.98. The van der Waals surface area contributed by atoms with E-state index in [2.05, 4.69) is 33.6 Å². The normalized spacial score (nSPS) is 10.7. The van der Waals surface area contributed by atoms with Crippen molar-refractivity contribution in [3.05, 3.63) is 41.0 Å². The van der Waals surface area contributed by atoms with E-state index in [1.807, 2.05) is 18.2 Å². The van der Waals surface area contributed by atoms with Gasteiger partial charge in [-0.2, -0.15) is 0 Å². The molecule has 0 radical (unpaired) electrons. The smallest absolute Gasteiger partial charge is 0.239 e. The van der Waals surface area contributed by atoms with Crippen molar-refractivity contribution in [1.82, 2.24) is 15.3 Å². The number of amides is 1. The second-order valence-corrected chi connectivity index (χ2v) is 7.27. The third-order valence-corrected chi connectivity index (χ3v) is 5.52. The number of fused-ring (bicyclic) bond motifs is 1. The number of methoxy groups -OCH3 is 2. The van der Waals surface area contributed by atoms with E-state index in [0.29, 0.717) is 30.3 Å². The van der Waals surface area contributed by atoms with Gasteiger partial charge in [-0.3, -0.25) is 4.79 Å². The predicted molar refractivity (Wildman–Crippen MR) is 112 cm³/mol. The van der Waals surface area contributed by atoms with Gasteiger partial charge in [0, 0.05) is 11.4 Å². The number of carbonyl (C=O) groups excluding carboxylic acids is 1. The summed E-state index contributed by atoms with van der Waals surface area (Å²) >= 11 is 1.65. The number of rotatable bonds is 9. The van der Waals surface area contributed by atoms with Gasteiger partial charge in [0.2, 0.25) is 5.91 Å². The van der Waals surface area contributed by atoms with Crippen molar-refractivity contribution >= 4 is 33.3 Å². The molecule has 1 amide bonds. The Bertz CT molecular complexity index is 958. The molecule has 0 aliphatic heterocycles. The molecule has 0 bridgehead atoms. The van der Waals surface area contributed by atoms with E-state index in [1.165, 1.54) is 11.2 Å². The molecule has 148 valence electrons. The number of thiophene rings is 1. The number of ether oxygens (including phenoxy) is 2. The number of aromatic nitrogens is 2. The minimum Gasteiger partial charge on any atom is -0.493 e. The summed E-state index contributed by atoms with van der Waals surface area (Å²) in [4.78, 5) is 22.9. The molecule has 7 nitrogen and oxygen atoms in total. The van der Waals surface area contributed by atoms with Crippen molar-refractivity contribution < 1.29 is 14.3 Å². The second kappa shape index (κ2) is 9.36. The van der Waals surface area contributed by atoms with Crippen LogP contribution in [0.1, 0.15) is 17.4 Å². The molecule has 1 aromatic carbocycles. The molecule has 0 unspecified atom stereocenters. The van der Waals surface area contributed by atoms with Crippen molar-refractivity contribution in [3.63, 3.8) is 0 Å². The number of hydrogen-bond acceptors (Lipinski definition) is 7. The highest BCUT2D eigenvalue weighted by molar-refractivity contribution is 7.18. The first-order valence-electron chi connectivity index (χ1n) is 9.09. The maximum absolute atomic E-state index is 12.2. The molecular weight excluding hydrogens is 376 g/mol. The molecule has 0 aliphatic rings. The van der Waals surface area contributed by atoms with E-state index in [-0.39, 0.29) is 12.5 Å². The maximum atomic E-state index is 12.2. The van der Waals surface area contributed by atoms with Gasteiger partial charge in [-0.25, -0.2) is 9.97 Å². The number of nitrogens with zero attached hydrogens (tertiary/aromatic N) is 2. The molecular formula is C20H24N4O3S.